The van der Waals surface area contributed by atoms with Crippen LogP contribution in [0.1, 0.15) is 31.2 Å². The number of piperidine rings is 1. The normalized spacial score (nSPS) is 24.0. The lowest BCUT2D eigenvalue weighted by Gasteiger charge is -2.39. The number of hydrogen-bond acceptors (Lipinski definition) is 6. The second-order valence-electron chi connectivity index (χ2n) is 8.45. The highest BCUT2D eigenvalue weighted by Crippen LogP contribution is 2.37. The summed E-state index contributed by atoms with van der Waals surface area (Å²) in [7, 11) is -3.17. The summed E-state index contributed by atoms with van der Waals surface area (Å²) in [4.78, 5) is 6.86. The molecule has 6 nitrogen and oxygen atoms in total. The van der Waals surface area contributed by atoms with Crippen molar-refractivity contribution in [1.82, 2.24) is 14.6 Å². The van der Waals surface area contributed by atoms with E-state index in [2.05, 4.69) is 26.7 Å². The van der Waals surface area contributed by atoms with Gasteiger partial charge in [0, 0.05) is 30.7 Å². The molecule has 3 heterocycles. The molecule has 2 saturated heterocycles. The molecule has 2 aliphatic heterocycles. The summed E-state index contributed by atoms with van der Waals surface area (Å²) >= 11 is 1.39. The number of halogens is 1. The van der Waals surface area contributed by atoms with E-state index in [0.29, 0.717) is 28.5 Å². The molecule has 1 aromatic heterocycles. The number of rotatable bonds is 6. The number of benzene rings is 2. The summed E-state index contributed by atoms with van der Waals surface area (Å²) in [5.74, 6) is 0.390. The highest BCUT2D eigenvalue weighted by atomic mass is 32.2. The van der Waals surface area contributed by atoms with Crippen LogP contribution in [0.4, 0.5) is 4.39 Å². The summed E-state index contributed by atoms with van der Waals surface area (Å²) in [6, 6.07) is 13.4. The Labute approximate surface area is 185 Å². The first-order chi connectivity index (χ1) is 14.8. The van der Waals surface area contributed by atoms with E-state index in [1.807, 2.05) is 12.1 Å². The first kappa shape index (κ1) is 20.8. The van der Waals surface area contributed by atoms with Crippen molar-refractivity contribution in [1.29, 1.82) is 0 Å². The van der Waals surface area contributed by atoms with Crippen LogP contribution in [0.25, 0.3) is 10.2 Å². The van der Waals surface area contributed by atoms with Gasteiger partial charge in [0.1, 0.15) is 11.6 Å². The Kier molecular flexibility index (Phi) is 5.45. The number of hydrogen-bond donors (Lipinski definition) is 1. The summed E-state index contributed by atoms with van der Waals surface area (Å²) < 4.78 is 46.1. The van der Waals surface area contributed by atoms with Gasteiger partial charge in [-0.15, -0.1) is 0 Å². The lowest BCUT2D eigenvalue weighted by Crippen LogP contribution is -2.49. The SMILES string of the molecule is CS(=O)(=O)N[C@H]1C[C@H]2CC[C@@H](C1)N2Cc1ccc(Oc2nc3cc(F)ccc3s2)cc1. The Morgan fingerprint density at radius 1 is 1.16 bits per heavy atom. The van der Waals surface area contributed by atoms with Gasteiger partial charge in [0.05, 0.1) is 16.5 Å². The fraction of sp³-hybridized carbons (Fsp3) is 0.409. The van der Waals surface area contributed by atoms with Crippen molar-refractivity contribution >= 4 is 31.6 Å². The van der Waals surface area contributed by atoms with Crippen LogP contribution in [0.15, 0.2) is 42.5 Å². The summed E-state index contributed by atoms with van der Waals surface area (Å²) in [5.41, 5.74) is 1.80. The zero-order valence-electron chi connectivity index (χ0n) is 17.1. The molecule has 0 aliphatic carbocycles. The number of thiazole rings is 1. The van der Waals surface area contributed by atoms with Gasteiger partial charge in [-0.1, -0.05) is 23.5 Å². The van der Waals surface area contributed by atoms with E-state index < -0.39 is 10.0 Å². The molecule has 0 amide bonds. The third-order valence-corrected chi connectivity index (χ3v) is 7.76. The second-order valence-corrected chi connectivity index (χ2v) is 11.2. The van der Waals surface area contributed by atoms with Crippen molar-refractivity contribution in [3.63, 3.8) is 0 Å². The molecule has 0 saturated carbocycles. The van der Waals surface area contributed by atoms with Gasteiger partial charge in [0.2, 0.25) is 10.0 Å². The van der Waals surface area contributed by atoms with Crippen molar-refractivity contribution in [2.45, 2.75) is 50.4 Å². The first-order valence-corrected chi connectivity index (χ1v) is 13.1. The summed E-state index contributed by atoms with van der Waals surface area (Å²) in [5, 5.41) is 0.492. The highest BCUT2D eigenvalue weighted by Gasteiger charge is 2.41. The van der Waals surface area contributed by atoms with Crippen molar-refractivity contribution in [2.75, 3.05) is 6.26 Å². The number of sulfonamides is 1. The van der Waals surface area contributed by atoms with E-state index in [1.54, 1.807) is 6.07 Å². The quantitative estimate of drug-likeness (QED) is 0.594. The lowest BCUT2D eigenvalue weighted by molar-refractivity contribution is 0.116. The van der Waals surface area contributed by atoms with E-state index in [-0.39, 0.29) is 11.9 Å². The molecule has 5 rings (SSSR count). The van der Waals surface area contributed by atoms with Crippen LogP contribution in [-0.4, -0.2) is 42.7 Å². The van der Waals surface area contributed by atoms with E-state index in [4.69, 9.17) is 4.74 Å². The van der Waals surface area contributed by atoms with Crippen molar-refractivity contribution in [3.05, 3.63) is 53.8 Å². The van der Waals surface area contributed by atoms with Crippen LogP contribution in [-0.2, 0) is 16.6 Å². The Hall–Kier alpha value is -2.07. The maximum Gasteiger partial charge on any atom is 0.279 e. The van der Waals surface area contributed by atoms with Gasteiger partial charge in [-0.25, -0.2) is 22.5 Å². The molecule has 0 unspecified atom stereocenters. The largest absolute Gasteiger partial charge is 0.431 e. The van der Waals surface area contributed by atoms with E-state index in [1.165, 1.54) is 35.3 Å². The molecule has 0 radical (unpaired) electrons. The molecular formula is C22H24FN3O3S2. The van der Waals surface area contributed by atoms with Gasteiger partial charge in [-0.2, -0.15) is 0 Å². The molecule has 9 heteroatoms. The van der Waals surface area contributed by atoms with Gasteiger partial charge in [0.25, 0.3) is 5.19 Å². The number of nitrogens with one attached hydrogen (secondary N) is 1. The molecule has 2 aromatic carbocycles. The van der Waals surface area contributed by atoms with E-state index in [0.717, 1.165) is 36.9 Å². The second kappa shape index (κ2) is 8.12. The van der Waals surface area contributed by atoms with Crippen LogP contribution < -0.4 is 9.46 Å². The van der Waals surface area contributed by atoms with Crippen molar-refractivity contribution < 1.29 is 17.5 Å². The predicted octanol–water partition coefficient (Wildman–Crippen LogP) is 4.27. The Balaban J connectivity index is 1.22. The monoisotopic (exact) mass is 461 g/mol. The minimum atomic E-state index is -3.17. The zero-order chi connectivity index (χ0) is 21.6. The number of ether oxygens (including phenoxy) is 1. The summed E-state index contributed by atoms with van der Waals surface area (Å²) in [6.45, 7) is 0.849. The topological polar surface area (TPSA) is 71.5 Å². The van der Waals surface area contributed by atoms with E-state index >= 15 is 0 Å². The van der Waals surface area contributed by atoms with Crippen LogP contribution >= 0.6 is 11.3 Å². The van der Waals surface area contributed by atoms with Crippen molar-refractivity contribution in [3.8, 4) is 10.9 Å². The third kappa shape index (κ3) is 4.74. The van der Waals surface area contributed by atoms with Gasteiger partial charge in [0.15, 0.2) is 0 Å². The van der Waals surface area contributed by atoms with Gasteiger partial charge < -0.3 is 4.74 Å². The third-order valence-electron chi connectivity index (χ3n) is 6.09. The minimum Gasteiger partial charge on any atom is -0.431 e. The molecule has 2 fully saturated rings. The predicted molar refractivity (Wildman–Crippen MR) is 119 cm³/mol. The fourth-order valence-corrected chi connectivity index (χ4v) is 6.44. The van der Waals surface area contributed by atoms with Crippen molar-refractivity contribution in [2.24, 2.45) is 0 Å². The molecule has 3 atom stereocenters. The fourth-order valence-electron chi connectivity index (χ4n) is 4.83. The number of nitrogens with zero attached hydrogens (tertiary/aromatic N) is 2. The molecule has 2 bridgehead atoms. The van der Waals surface area contributed by atoms with Gasteiger partial charge >= 0.3 is 0 Å². The standard InChI is InChI=1S/C22H24FN3O3S2/c1-31(27,28)25-16-11-17-5-6-18(12-16)26(17)13-14-2-7-19(8-3-14)29-22-24-20-10-15(23)4-9-21(20)30-22/h2-4,7-10,16-18,25H,5-6,11-13H2,1H3/t16-,17+,18-. The van der Waals surface area contributed by atoms with Crippen LogP contribution in [0.2, 0.25) is 0 Å². The Morgan fingerprint density at radius 3 is 2.55 bits per heavy atom. The zero-order valence-corrected chi connectivity index (χ0v) is 18.8. The highest BCUT2D eigenvalue weighted by molar-refractivity contribution is 7.88. The molecule has 1 N–H and O–H groups in total. The average molecular weight is 462 g/mol. The Bertz CT molecular complexity index is 1180. The lowest BCUT2D eigenvalue weighted by atomic mass is 9.97. The number of fused-ring (bicyclic) bond motifs is 3. The van der Waals surface area contributed by atoms with Gasteiger partial charge in [-0.3, -0.25) is 4.90 Å². The summed E-state index contributed by atoms with van der Waals surface area (Å²) in [6.07, 6.45) is 5.20. The van der Waals surface area contributed by atoms with Gasteiger partial charge in [-0.05, 0) is 55.5 Å². The molecule has 3 aromatic rings. The Morgan fingerprint density at radius 2 is 1.87 bits per heavy atom. The molecule has 31 heavy (non-hydrogen) atoms. The smallest absolute Gasteiger partial charge is 0.279 e. The number of aromatic nitrogens is 1. The minimum absolute atomic E-state index is 0.0433. The van der Waals surface area contributed by atoms with Crippen LogP contribution in [0, 0.1) is 5.82 Å². The molecule has 164 valence electrons. The van der Waals surface area contributed by atoms with Crippen LogP contribution in [0.3, 0.4) is 0 Å². The van der Waals surface area contributed by atoms with Crippen LogP contribution in [0.5, 0.6) is 10.9 Å². The maximum atomic E-state index is 13.4. The molecule has 2 aliphatic rings. The van der Waals surface area contributed by atoms with E-state index in [9.17, 15) is 12.8 Å². The molecular weight excluding hydrogens is 437 g/mol. The first-order valence-electron chi connectivity index (χ1n) is 10.4. The average Bonchev–Trinajstić information content (AvgIpc) is 3.18. The molecule has 0 spiro atoms. The maximum absolute atomic E-state index is 13.4.